The number of unbranched alkanes of at least 4 members (excludes halogenated alkanes) is 2. The molecule has 16 heavy (non-hydrogen) atoms. The highest BCUT2D eigenvalue weighted by Gasteiger charge is 2.35. The van der Waals surface area contributed by atoms with Gasteiger partial charge >= 0.3 is 5.97 Å². The summed E-state index contributed by atoms with van der Waals surface area (Å²) >= 11 is 0. The molecule has 0 saturated carbocycles. The summed E-state index contributed by atoms with van der Waals surface area (Å²) in [4.78, 5) is 11.2. The van der Waals surface area contributed by atoms with E-state index in [-0.39, 0.29) is 18.2 Å². The number of carbonyl (C=O) groups is 1. The fourth-order valence-corrected chi connectivity index (χ4v) is 2.11. The minimum atomic E-state index is -0.285. The summed E-state index contributed by atoms with van der Waals surface area (Å²) in [6, 6.07) is 0. The minimum absolute atomic E-state index is 0.105. The summed E-state index contributed by atoms with van der Waals surface area (Å²) in [7, 11) is 0. The maximum atomic E-state index is 11.2. The first-order chi connectivity index (χ1) is 7.63. The molecule has 1 rings (SSSR count). The molecule has 3 heteroatoms. The van der Waals surface area contributed by atoms with Gasteiger partial charge in [-0.1, -0.05) is 33.6 Å². The van der Waals surface area contributed by atoms with E-state index in [2.05, 4.69) is 20.8 Å². The number of esters is 1. The predicted molar refractivity (Wildman–Crippen MR) is 62.9 cm³/mol. The molecule has 2 unspecified atom stereocenters. The molecule has 0 N–H and O–H groups in total. The minimum Gasteiger partial charge on any atom is -0.435 e. The first-order valence-corrected chi connectivity index (χ1v) is 6.44. The summed E-state index contributed by atoms with van der Waals surface area (Å²) in [6.07, 6.45) is 4.66. The molecule has 0 bridgehead atoms. The lowest BCUT2D eigenvalue weighted by atomic mass is 9.95. The standard InChI is InChI=1S/C13H24O3/c1-4-5-6-7-15-13-11(8-10(2)3)9-12(14)16-13/h10-11,13H,4-9H2,1-3H3. The monoisotopic (exact) mass is 228 g/mol. The predicted octanol–water partition coefficient (Wildman–Crippen LogP) is 3.13. The maximum Gasteiger partial charge on any atom is 0.308 e. The van der Waals surface area contributed by atoms with Crippen LogP contribution in [0.4, 0.5) is 0 Å². The van der Waals surface area contributed by atoms with Gasteiger partial charge in [0, 0.05) is 5.92 Å². The molecule has 0 radical (unpaired) electrons. The van der Waals surface area contributed by atoms with E-state index in [0.29, 0.717) is 18.9 Å². The van der Waals surface area contributed by atoms with Crippen LogP contribution in [-0.4, -0.2) is 18.9 Å². The van der Waals surface area contributed by atoms with Gasteiger partial charge < -0.3 is 9.47 Å². The van der Waals surface area contributed by atoms with Crippen LogP contribution in [0.1, 0.15) is 52.9 Å². The Morgan fingerprint density at radius 1 is 1.44 bits per heavy atom. The summed E-state index contributed by atoms with van der Waals surface area (Å²) in [5, 5.41) is 0. The number of hydrogen-bond donors (Lipinski definition) is 0. The van der Waals surface area contributed by atoms with Gasteiger partial charge in [0.1, 0.15) is 0 Å². The number of cyclic esters (lactones) is 1. The van der Waals surface area contributed by atoms with E-state index >= 15 is 0 Å². The zero-order chi connectivity index (χ0) is 12.0. The largest absolute Gasteiger partial charge is 0.435 e. The Morgan fingerprint density at radius 2 is 2.19 bits per heavy atom. The highest BCUT2D eigenvalue weighted by Crippen LogP contribution is 2.29. The molecule has 1 saturated heterocycles. The van der Waals surface area contributed by atoms with Gasteiger partial charge in [-0.2, -0.15) is 0 Å². The molecule has 0 amide bonds. The van der Waals surface area contributed by atoms with Gasteiger partial charge in [0.15, 0.2) is 0 Å². The van der Waals surface area contributed by atoms with Crippen LogP contribution in [0.5, 0.6) is 0 Å². The molecule has 1 fully saturated rings. The van der Waals surface area contributed by atoms with Crippen molar-refractivity contribution in [3.63, 3.8) is 0 Å². The van der Waals surface area contributed by atoms with Crippen LogP contribution in [0.3, 0.4) is 0 Å². The molecule has 0 aromatic heterocycles. The van der Waals surface area contributed by atoms with Crippen LogP contribution >= 0.6 is 0 Å². The second kappa shape index (κ2) is 6.89. The van der Waals surface area contributed by atoms with Gasteiger partial charge in [0.05, 0.1) is 13.0 Å². The van der Waals surface area contributed by atoms with Crippen molar-refractivity contribution >= 4 is 5.97 Å². The molecule has 0 aromatic rings. The SMILES string of the molecule is CCCCCOC1OC(=O)CC1CC(C)C. The van der Waals surface area contributed by atoms with E-state index in [1.807, 2.05) is 0 Å². The molecule has 0 aromatic carbocycles. The lowest BCUT2D eigenvalue weighted by Gasteiger charge is -2.19. The molecular formula is C13H24O3. The van der Waals surface area contributed by atoms with Crippen molar-refractivity contribution in [1.29, 1.82) is 0 Å². The fraction of sp³-hybridized carbons (Fsp3) is 0.923. The molecule has 1 aliphatic heterocycles. The molecule has 1 heterocycles. The normalized spacial score (nSPS) is 25.1. The maximum absolute atomic E-state index is 11.2. The van der Waals surface area contributed by atoms with E-state index < -0.39 is 0 Å². The summed E-state index contributed by atoms with van der Waals surface area (Å²) in [5.74, 6) is 0.738. The number of hydrogen-bond acceptors (Lipinski definition) is 3. The van der Waals surface area contributed by atoms with Gasteiger partial charge in [-0.15, -0.1) is 0 Å². The van der Waals surface area contributed by atoms with Crippen LogP contribution in [0.2, 0.25) is 0 Å². The van der Waals surface area contributed by atoms with Crippen molar-refractivity contribution in [3.8, 4) is 0 Å². The van der Waals surface area contributed by atoms with Gasteiger partial charge in [0.2, 0.25) is 6.29 Å². The Hall–Kier alpha value is -0.570. The van der Waals surface area contributed by atoms with Gasteiger partial charge in [-0.05, 0) is 18.8 Å². The Bertz CT molecular complexity index is 213. The van der Waals surface area contributed by atoms with Crippen molar-refractivity contribution in [2.75, 3.05) is 6.61 Å². The van der Waals surface area contributed by atoms with Crippen molar-refractivity contribution in [2.45, 2.75) is 59.2 Å². The zero-order valence-corrected chi connectivity index (χ0v) is 10.7. The van der Waals surface area contributed by atoms with Crippen molar-refractivity contribution in [1.82, 2.24) is 0 Å². The van der Waals surface area contributed by atoms with E-state index in [1.165, 1.54) is 12.8 Å². The van der Waals surface area contributed by atoms with E-state index in [4.69, 9.17) is 9.47 Å². The highest BCUT2D eigenvalue weighted by molar-refractivity contribution is 5.71. The summed E-state index contributed by atoms with van der Waals surface area (Å²) < 4.78 is 10.8. The number of ether oxygens (including phenoxy) is 2. The van der Waals surface area contributed by atoms with Gasteiger partial charge in [-0.3, -0.25) is 4.79 Å². The average molecular weight is 228 g/mol. The van der Waals surface area contributed by atoms with E-state index in [0.717, 1.165) is 12.8 Å². The molecular weight excluding hydrogens is 204 g/mol. The average Bonchev–Trinajstić information content (AvgIpc) is 2.53. The van der Waals surface area contributed by atoms with E-state index in [1.54, 1.807) is 0 Å². The van der Waals surface area contributed by atoms with Crippen LogP contribution < -0.4 is 0 Å². The second-order valence-electron chi connectivity index (χ2n) is 5.03. The fourth-order valence-electron chi connectivity index (χ4n) is 2.11. The zero-order valence-electron chi connectivity index (χ0n) is 10.7. The third-order valence-electron chi connectivity index (χ3n) is 2.87. The van der Waals surface area contributed by atoms with Crippen LogP contribution in [0.25, 0.3) is 0 Å². The third kappa shape index (κ3) is 4.52. The number of carbonyl (C=O) groups excluding carboxylic acids is 1. The summed E-state index contributed by atoms with van der Waals surface area (Å²) in [5.41, 5.74) is 0. The van der Waals surface area contributed by atoms with Crippen LogP contribution in [0.15, 0.2) is 0 Å². The van der Waals surface area contributed by atoms with Gasteiger partial charge in [-0.25, -0.2) is 0 Å². The Labute approximate surface area is 98.5 Å². The first-order valence-electron chi connectivity index (χ1n) is 6.44. The van der Waals surface area contributed by atoms with Crippen molar-refractivity contribution in [3.05, 3.63) is 0 Å². The molecule has 94 valence electrons. The second-order valence-corrected chi connectivity index (χ2v) is 5.03. The molecule has 2 atom stereocenters. The number of rotatable bonds is 7. The first kappa shape index (κ1) is 13.5. The van der Waals surface area contributed by atoms with Crippen molar-refractivity contribution in [2.24, 2.45) is 11.8 Å². The van der Waals surface area contributed by atoms with Crippen LogP contribution in [-0.2, 0) is 14.3 Å². The molecule has 0 spiro atoms. The van der Waals surface area contributed by atoms with Crippen molar-refractivity contribution < 1.29 is 14.3 Å². The quantitative estimate of drug-likeness (QED) is 0.496. The molecule has 0 aliphatic carbocycles. The highest BCUT2D eigenvalue weighted by atomic mass is 16.7. The Kier molecular flexibility index (Phi) is 5.81. The Balaban J connectivity index is 2.28. The summed E-state index contributed by atoms with van der Waals surface area (Å²) in [6.45, 7) is 7.20. The topological polar surface area (TPSA) is 35.5 Å². The lowest BCUT2D eigenvalue weighted by molar-refractivity contribution is -0.168. The molecule has 3 nitrogen and oxygen atoms in total. The van der Waals surface area contributed by atoms with Crippen LogP contribution in [0, 0.1) is 11.8 Å². The van der Waals surface area contributed by atoms with Gasteiger partial charge in [0.25, 0.3) is 0 Å². The smallest absolute Gasteiger partial charge is 0.308 e. The lowest BCUT2D eigenvalue weighted by Crippen LogP contribution is -2.22. The Morgan fingerprint density at radius 3 is 2.81 bits per heavy atom. The van der Waals surface area contributed by atoms with E-state index in [9.17, 15) is 4.79 Å². The third-order valence-corrected chi connectivity index (χ3v) is 2.87. The molecule has 1 aliphatic rings.